The number of para-hydroxylation sites is 2. The molecule has 0 saturated carbocycles. The summed E-state index contributed by atoms with van der Waals surface area (Å²) in [6, 6.07) is 19.9. The molecule has 3 heterocycles. The molecule has 178 valence electrons. The maximum absolute atomic E-state index is 14.4. The van der Waals surface area contributed by atoms with Crippen molar-refractivity contribution in [2.75, 3.05) is 11.9 Å². The van der Waals surface area contributed by atoms with Gasteiger partial charge in [0.25, 0.3) is 5.91 Å². The molecule has 0 radical (unpaired) electrons. The van der Waals surface area contributed by atoms with Crippen LogP contribution in [-0.4, -0.2) is 28.4 Å². The van der Waals surface area contributed by atoms with Gasteiger partial charge in [-0.2, -0.15) is 5.10 Å². The van der Waals surface area contributed by atoms with Crippen LogP contribution in [0.1, 0.15) is 11.3 Å². The number of thiazole rings is 1. The van der Waals surface area contributed by atoms with Gasteiger partial charge in [0.2, 0.25) is 4.80 Å². The fourth-order valence-electron chi connectivity index (χ4n) is 4.16. The highest BCUT2D eigenvalue weighted by molar-refractivity contribution is 7.07. The van der Waals surface area contributed by atoms with E-state index in [1.807, 2.05) is 54.8 Å². The normalized spacial score (nSPS) is 13.7. The van der Waals surface area contributed by atoms with Crippen LogP contribution in [0.25, 0.3) is 22.2 Å². The molecular formula is C27H20FN5O2S. The van der Waals surface area contributed by atoms with Gasteiger partial charge >= 0.3 is 0 Å². The van der Waals surface area contributed by atoms with E-state index in [1.165, 1.54) is 17.4 Å². The summed E-state index contributed by atoms with van der Waals surface area (Å²) in [6.45, 7) is 1.99. The SMILES string of the molecule is Cc1[nH]c2ccccc2c1C=Nn1c(-c2ccc3c(c2)NC(=O)CO3)csc1=Nc1ccccc1F. The van der Waals surface area contributed by atoms with Gasteiger partial charge < -0.3 is 15.0 Å². The highest BCUT2D eigenvalue weighted by atomic mass is 32.1. The summed E-state index contributed by atoms with van der Waals surface area (Å²) < 4.78 is 21.6. The number of nitrogens with zero attached hydrogens (tertiary/aromatic N) is 3. The van der Waals surface area contributed by atoms with Crippen LogP contribution in [0.3, 0.4) is 0 Å². The van der Waals surface area contributed by atoms with E-state index in [0.717, 1.165) is 33.4 Å². The standard InChI is InChI=1S/C27H20FN5O2S/c1-16-19(18-6-2-4-8-21(18)30-16)13-29-33-24(15-36-27(33)32-22-9-5-3-7-20(22)28)17-10-11-25-23(12-17)31-26(34)14-35-25/h2-13,15,30H,14H2,1H3,(H,31,34). The Kier molecular flexibility index (Phi) is 5.46. The lowest BCUT2D eigenvalue weighted by atomic mass is 10.1. The molecule has 0 saturated heterocycles. The number of aromatic nitrogens is 2. The Morgan fingerprint density at radius 3 is 2.83 bits per heavy atom. The van der Waals surface area contributed by atoms with Crippen LogP contribution in [0.2, 0.25) is 0 Å². The second kappa shape index (κ2) is 8.94. The number of fused-ring (bicyclic) bond motifs is 2. The van der Waals surface area contributed by atoms with E-state index >= 15 is 0 Å². The Hall–Kier alpha value is -4.50. The topological polar surface area (TPSA) is 83.8 Å². The van der Waals surface area contributed by atoms with Gasteiger partial charge in [0.15, 0.2) is 6.61 Å². The molecule has 2 N–H and O–H groups in total. The zero-order valence-electron chi connectivity index (χ0n) is 19.2. The van der Waals surface area contributed by atoms with Gasteiger partial charge in [0, 0.05) is 33.1 Å². The average Bonchev–Trinajstić information content (AvgIpc) is 3.43. The molecule has 2 aromatic heterocycles. The minimum Gasteiger partial charge on any atom is -0.482 e. The number of hydrogen-bond acceptors (Lipinski definition) is 5. The van der Waals surface area contributed by atoms with Crippen molar-refractivity contribution in [1.29, 1.82) is 0 Å². The number of amides is 1. The molecular weight excluding hydrogens is 477 g/mol. The van der Waals surface area contributed by atoms with Gasteiger partial charge in [0.05, 0.1) is 17.6 Å². The van der Waals surface area contributed by atoms with Gasteiger partial charge in [-0.1, -0.05) is 30.3 Å². The van der Waals surface area contributed by atoms with Crippen LogP contribution in [0.4, 0.5) is 15.8 Å². The smallest absolute Gasteiger partial charge is 0.262 e. The van der Waals surface area contributed by atoms with E-state index in [9.17, 15) is 9.18 Å². The number of carbonyl (C=O) groups is 1. The molecule has 0 spiro atoms. The summed E-state index contributed by atoms with van der Waals surface area (Å²) in [4.78, 5) is 20.3. The fourth-order valence-corrected chi connectivity index (χ4v) is 5.00. The second-order valence-corrected chi connectivity index (χ2v) is 9.12. The van der Waals surface area contributed by atoms with Gasteiger partial charge in [-0.05, 0) is 43.3 Å². The first-order chi connectivity index (χ1) is 17.6. The van der Waals surface area contributed by atoms with Crippen LogP contribution in [0.5, 0.6) is 5.75 Å². The predicted octanol–water partition coefficient (Wildman–Crippen LogP) is 5.59. The molecule has 3 aromatic carbocycles. The van der Waals surface area contributed by atoms with Crippen LogP contribution < -0.4 is 14.9 Å². The number of hydrogen-bond donors (Lipinski definition) is 2. The first kappa shape index (κ1) is 22.0. The third-order valence-electron chi connectivity index (χ3n) is 5.91. The van der Waals surface area contributed by atoms with E-state index < -0.39 is 5.82 Å². The highest BCUT2D eigenvalue weighted by Gasteiger charge is 2.18. The number of benzene rings is 3. The van der Waals surface area contributed by atoms with Crippen LogP contribution >= 0.6 is 11.3 Å². The molecule has 0 unspecified atom stereocenters. The third kappa shape index (κ3) is 3.99. The average molecular weight is 498 g/mol. The first-order valence-corrected chi connectivity index (χ1v) is 12.1. The van der Waals surface area contributed by atoms with E-state index in [-0.39, 0.29) is 18.2 Å². The summed E-state index contributed by atoms with van der Waals surface area (Å²) in [5.41, 5.74) is 5.32. The van der Waals surface area contributed by atoms with Crippen molar-refractivity contribution in [1.82, 2.24) is 9.66 Å². The van der Waals surface area contributed by atoms with Gasteiger partial charge in [0.1, 0.15) is 17.3 Å². The lowest BCUT2D eigenvalue weighted by molar-refractivity contribution is -0.118. The summed E-state index contributed by atoms with van der Waals surface area (Å²) in [5.74, 6) is -0.0145. The molecule has 0 fully saturated rings. The number of H-pyrrole nitrogens is 1. The van der Waals surface area contributed by atoms with E-state index in [1.54, 1.807) is 29.1 Å². The second-order valence-electron chi connectivity index (χ2n) is 8.28. The van der Waals surface area contributed by atoms with Crippen molar-refractivity contribution in [2.45, 2.75) is 6.92 Å². The monoisotopic (exact) mass is 497 g/mol. The molecule has 0 atom stereocenters. The van der Waals surface area contributed by atoms with Crippen LogP contribution in [-0.2, 0) is 4.79 Å². The number of aromatic amines is 1. The molecule has 0 aliphatic carbocycles. The Bertz CT molecular complexity index is 1730. The Labute approximate surface area is 209 Å². The van der Waals surface area contributed by atoms with Crippen molar-refractivity contribution >= 4 is 45.7 Å². The largest absolute Gasteiger partial charge is 0.482 e. The minimum absolute atomic E-state index is 0.00920. The van der Waals surface area contributed by atoms with Gasteiger partial charge in [-0.25, -0.2) is 14.1 Å². The Balaban J connectivity index is 1.52. The van der Waals surface area contributed by atoms with Gasteiger partial charge in [-0.15, -0.1) is 11.3 Å². The summed E-state index contributed by atoms with van der Waals surface area (Å²) in [7, 11) is 0. The maximum atomic E-state index is 14.4. The summed E-state index contributed by atoms with van der Waals surface area (Å²) in [5, 5.41) is 10.6. The predicted molar refractivity (Wildman–Crippen MR) is 140 cm³/mol. The number of anilines is 1. The van der Waals surface area contributed by atoms with Gasteiger partial charge in [-0.3, -0.25) is 4.79 Å². The minimum atomic E-state index is -0.413. The highest BCUT2D eigenvalue weighted by Crippen LogP contribution is 2.33. The molecule has 1 aliphatic heterocycles. The summed E-state index contributed by atoms with van der Waals surface area (Å²) in [6.07, 6.45) is 1.79. The number of rotatable bonds is 4. The van der Waals surface area contributed by atoms with Crippen molar-refractivity contribution in [2.24, 2.45) is 10.1 Å². The van der Waals surface area contributed by atoms with E-state index in [2.05, 4.69) is 15.3 Å². The number of carbonyl (C=O) groups excluding carboxylic acids is 1. The van der Waals surface area contributed by atoms with Crippen LogP contribution in [0, 0.1) is 12.7 Å². The number of aryl methyl sites for hydroxylation is 1. The zero-order chi connectivity index (χ0) is 24.6. The molecule has 6 rings (SSSR count). The number of ether oxygens (including phenoxy) is 1. The van der Waals surface area contributed by atoms with Crippen molar-refractivity contribution in [3.8, 4) is 17.0 Å². The quantitative estimate of drug-likeness (QED) is 0.317. The molecule has 9 heteroatoms. The molecule has 0 bridgehead atoms. The Morgan fingerprint density at radius 2 is 1.94 bits per heavy atom. The summed E-state index contributed by atoms with van der Waals surface area (Å²) >= 11 is 1.35. The van der Waals surface area contributed by atoms with Crippen LogP contribution in [0.15, 0.2) is 82.2 Å². The first-order valence-electron chi connectivity index (χ1n) is 11.3. The van der Waals surface area contributed by atoms with Crippen molar-refractivity contribution in [3.05, 3.63) is 94.0 Å². The third-order valence-corrected chi connectivity index (χ3v) is 6.72. The molecule has 5 aromatic rings. The molecule has 1 aliphatic rings. The van der Waals surface area contributed by atoms with E-state index in [0.29, 0.717) is 16.2 Å². The fraction of sp³-hybridized carbons (Fsp3) is 0.0741. The lowest BCUT2D eigenvalue weighted by Crippen LogP contribution is -2.25. The van der Waals surface area contributed by atoms with Crippen molar-refractivity contribution in [3.63, 3.8) is 0 Å². The zero-order valence-corrected chi connectivity index (χ0v) is 20.0. The number of halogens is 1. The maximum Gasteiger partial charge on any atom is 0.262 e. The Morgan fingerprint density at radius 1 is 1.11 bits per heavy atom. The number of nitrogens with one attached hydrogen (secondary N) is 2. The van der Waals surface area contributed by atoms with Crippen molar-refractivity contribution < 1.29 is 13.9 Å². The molecule has 1 amide bonds. The molecule has 7 nitrogen and oxygen atoms in total. The lowest BCUT2D eigenvalue weighted by Gasteiger charge is -2.18. The van der Waals surface area contributed by atoms with E-state index in [4.69, 9.17) is 9.84 Å². The molecule has 36 heavy (non-hydrogen) atoms.